The second-order valence-electron chi connectivity index (χ2n) is 7.15. The van der Waals surface area contributed by atoms with Gasteiger partial charge < -0.3 is 15.1 Å². The molecule has 7 heteroatoms. The summed E-state index contributed by atoms with van der Waals surface area (Å²) < 4.78 is 0. The molecule has 2 aromatic rings. The highest BCUT2D eigenvalue weighted by Crippen LogP contribution is 2.24. The first-order valence-corrected chi connectivity index (χ1v) is 10.2. The summed E-state index contributed by atoms with van der Waals surface area (Å²) in [6.45, 7) is 4.69. The van der Waals surface area contributed by atoms with Crippen molar-refractivity contribution in [1.82, 2.24) is 15.1 Å². The lowest BCUT2D eigenvalue weighted by molar-refractivity contribution is 0.111. The second-order valence-corrected chi connectivity index (χ2v) is 8.10. The number of benzene rings is 1. The van der Waals surface area contributed by atoms with Crippen LogP contribution in [0.15, 0.2) is 41.8 Å². The number of hydrogen-bond acceptors (Lipinski definition) is 5. The van der Waals surface area contributed by atoms with Gasteiger partial charge in [-0.15, -0.1) is 11.3 Å². The van der Waals surface area contributed by atoms with E-state index < -0.39 is 0 Å². The molecule has 1 aliphatic rings. The Morgan fingerprint density at radius 1 is 1.15 bits per heavy atom. The molecule has 0 bridgehead atoms. The number of carbonyl (C=O) groups is 1. The molecule has 1 fully saturated rings. The molecule has 0 radical (unpaired) electrons. The van der Waals surface area contributed by atoms with E-state index in [-0.39, 0.29) is 12.1 Å². The van der Waals surface area contributed by atoms with Crippen molar-refractivity contribution in [3.8, 4) is 0 Å². The van der Waals surface area contributed by atoms with Crippen molar-refractivity contribution in [2.45, 2.75) is 6.04 Å². The fourth-order valence-electron chi connectivity index (χ4n) is 3.28. The summed E-state index contributed by atoms with van der Waals surface area (Å²) in [5.41, 5.74) is 2.42. The molecule has 1 aromatic heterocycles. The summed E-state index contributed by atoms with van der Waals surface area (Å²) in [5, 5.41) is 8.77. The molecular weight excluding hydrogens is 358 g/mol. The van der Waals surface area contributed by atoms with Gasteiger partial charge in [0.2, 0.25) is 0 Å². The highest BCUT2D eigenvalue weighted by molar-refractivity contribution is 7.14. The number of nitrogens with zero attached hydrogens (tertiary/aromatic N) is 3. The molecule has 0 aliphatic carbocycles. The number of anilines is 2. The third-order valence-corrected chi connectivity index (χ3v) is 5.77. The van der Waals surface area contributed by atoms with Gasteiger partial charge in [-0.25, -0.2) is 4.79 Å². The Hall–Kier alpha value is -2.09. The zero-order chi connectivity index (χ0) is 19.2. The number of hydrogen-bond donors (Lipinski definition) is 2. The standard InChI is InChI=1S/C20H29N5OS/c1-23(2)17-8-6-16(7-9-17)18(25-12-10-24(3)11-13-25)15-21-20(26)22-19-5-4-14-27-19/h4-9,14,18H,10-13,15H2,1-3H3,(H2,21,22,26)/t18-/m0/s1. The van der Waals surface area contributed by atoms with E-state index in [1.807, 2.05) is 31.6 Å². The average molecular weight is 388 g/mol. The molecule has 2 heterocycles. The van der Waals surface area contributed by atoms with Crippen LogP contribution in [0.4, 0.5) is 15.5 Å². The largest absolute Gasteiger partial charge is 0.378 e. The third kappa shape index (κ3) is 5.45. The van der Waals surface area contributed by atoms with E-state index in [2.05, 4.69) is 56.6 Å². The number of urea groups is 1. The van der Waals surface area contributed by atoms with Gasteiger partial charge >= 0.3 is 6.03 Å². The number of amides is 2. The minimum absolute atomic E-state index is 0.151. The molecular formula is C20H29N5OS. The van der Waals surface area contributed by atoms with E-state index in [4.69, 9.17) is 0 Å². The van der Waals surface area contributed by atoms with Gasteiger partial charge in [-0.05, 0) is 42.3 Å². The monoisotopic (exact) mass is 387 g/mol. The Labute approximate surface area is 165 Å². The number of likely N-dealkylation sites (N-methyl/N-ethyl adjacent to an activating group) is 1. The second kappa shape index (κ2) is 9.21. The molecule has 6 nitrogen and oxygen atoms in total. The Morgan fingerprint density at radius 3 is 2.44 bits per heavy atom. The summed E-state index contributed by atoms with van der Waals surface area (Å²) in [5.74, 6) is 0. The lowest BCUT2D eigenvalue weighted by Crippen LogP contribution is -2.48. The number of nitrogens with one attached hydrogen (secondary N) is 2. The Balaban J connectivity index is 1.68. The molecule has 3 rings (SSSR count). The summed E-state index contributed by atoms with van der Waals surface area (Å²) >= 11 is 1.52. The lowest BCUT2D eigenvalue weighted by Gasteiger charge is -2.38. The SMILES string of the molecule is CN1CCN([C@@H](CNC(=O)Nc2cccs2)c2ccc(N(C)C)cc2)CC1. The van der Waals surface area contributed by atoms with Crippen LogP contribution in [0.1, 0.15) is 11.6 Å². The molecule has 1 atom stereocenters. The van der Waals surface area contributed by atoms with Crippen molar-refractivity contribution < 1.29 is 4.79 Å². The third-order valence-electron chi connectivity index (χ3n) is 4.99. The van der Waals surface area contributed by atoms with Crippen LogP contribution in [0.5, 0.6) is 0 Å². The van der Waals surface area contributed by atoms with Crippen molar-refractivity contribution in [1.29, 1.82) is 0 Å². The highest BCUT2D eigenvalue weighted by atomic mass is 32.1. The van der Waals surface area contributed by atoms with Gasteiger partial charge in [0.25, 0.3) is 0 Å². The molecule has 1 saturated heterocycles. The highest BCUT2D eigenvalue weighted by Gasteiger charge is 2.24. The Morgan fingerprint density at radius 2 is 1.85 bits per heavy atom. The van der Waals surface area contributed by atoms with Gasteiger partial charge in [0, 0.05) is 52.5 Å². The smallest absolute Gasteiger partial charge is 0.319 e. The topological polar surface area (TPSA) is 50.9 Å². The first-order chi connectivity index (χ1) is 13.0. The van der Waals surface area contributed by atoms with Crippen molar-refractivity contribution in [3.05, 3.63) is 47.3 Å². The summed E-state index contributed by atoms with van der Waals surface area (Å²) in [6, 6.07) is 12.5. The van der Waals surface area contributed by atoms with E-state index in [1.165, 1.54) is 22.6 Å². The molecule has 2 amide bonds. The van der Waals surface area contributed by atoms with Crippen molar-refractivity contribution in [2.24, 2.45) is 0 Å². The van der Waals surface area contributed by atoms with Gasteiger partial charge in [0.15, 0.2) is 0 Å². The Bertz CT molecular complexity index is 708. The van der Waals surface area contributed by atoms with Gasteiger partial charge in [-0.1, -0.05) is 12.1 Å². The average Bonchev–Trinajstić information content (AvgIpc) is 3.16. The number of thiophene rings is 1. The quantitative estimate of drug-likeness (QED) is 0.800. The van der Waals surface area contributed by atoms with Gasteiger partial charge in [0.1, 0.15) is 0 Å². The molecule has 0 spiro atoms. The van der Waals surface area contributed by atoms with Crippen molar-refractivity contribution in [2.75, 3.05) is 64.1 Å². The van der Waals surface area contributed by atoms with E-state index in [9.17, 15) is 4.79 Å². The maximum Gasteiger partial charge on any atom is 0.319 e. The first-order valence-electron chi connectivity index (χ1n) is 9.31. The van der Waals surface area contributed by atoms with Crippen LogP contribution in [0.25, 0.3) is 0 Å². The van der Waals surface area contributed by atoms with Crippen LogP contribution in [0.3, 0.4) is 0 Å². The van der Waals surface area contributed by atoms with Gasteiger partial charge in [-0.2, -0.15) is 0 Å². The van der Waals surface area contributed by atoms with E-state index >= 15 is 0 Å². The maximum atomic E-state index is 12.3. The van der Waals surface area contributed by atoms with Crippen LogP contribution >= 0.6 is 11.3 Å². The van der Waals surface area contributed by atoms with Gasteiger partial charge in [0.05, 0.1) is 11.0 Å². The number of piperazine rings is 1. The van der Waals surface area contributed by atoms with Crippen molar-refractivity contribution >= 4 is 28.1 Å². The molecule has 1 aliphatic heterocycles. The molecule has 146 valence electrons. The minimum Gasteiger partial charge on any atom is -0.378 e. The predicted octanol–water partition coefficient (Wildman–Crippen LogP) is 2.92. The minimum atomic E-state index is -0.151. The Kier molecular flexibility index (Phi) is 6.71. The lowest BCUT2D eigenvalue weighted by atomic mass is 10.0. The van der Waals surface area contributed by atoms with Crippen LogP contribution in [0.2, 0.25) is 0 Å². The first kappa shape index (κ1) is 19.7. The molecule has 2 N–H and O–H groups in total. The normalized spacial score (nSPS) is 16.7. The number of rotatable bonds is 6. The maximum absolute atomic E-state index is 12.3. The van der Waals surface area contributed by atoms with Gasteiger partial charge in [-0.3, -0.25) is 10.2 Å². The molecule has 0 saturated carbocycles. The van der Waals surface area contributed by atoms with Crippen molar-refractivity contribution in [3.63, 3.8) is 0 Å². The van der Waals surface area contributed by atoms with Crippen LogP contribution in [0, 0.1) is 0 Å². The molecule has 27 heavy (non-hydrogen) atoms. The van der Waals surface area contributed by atoms with E-state index in [1.54, 1.807) is 0 Å². The molecule has 1 aromatic carbocycles. The van der Waals surface area contributed by atoms with Crippen LogP contribution < -0.4 is 15.5 Å². The van der Waals surface area contributed by atoms with E-state index in [0.29, 0.717) is 6.54 Å². The number of carbonyl (C=O) groups excluding carboxylic acids is 1. The summed E-state index contributed by atoms with van der Waals surface area (Å²) in [4.78, 5) is 19.2. The van der Waals surface area contributed by atoms with Crippen LogP contribution in [-0.4, -0.2) is 69.7 Å². The predicted molar refractivity (Wildman–Crippen MR) is 114 cm³/mol. The summed E-state index contributed by atoms with van der Waals surface area (Å²) in [7, 11) is 6.25. The molecule has 0 unspecified atom stereocenters. The zero-order valence-corrected chi connectivity index (χ0v) is 17.1. The van der Waals surface area contributed by atoms with Crippen LogP contribution in [-0.2, 0) is 0 Å². The fraction of sp³-hybridized carbons (Fsp3) is 0.450. The zero-order valence-electron chi connectivity index (χ0n) is 16.3. The summed E-state index contributed by atoms with van der Waals surface area (Å²) in [6.07, 6.45) is 0. The van der Waals surface area contributed by atoms with E-state index in [0.717, 1.165) is 31.2 Å². The fourth-order valence-corrected chi connectivity index (χ4v) is 3.89.